The summed E-state index contributed by atoms with van der Waals surface area (Å²) in [4.78, 5) is 16.7. The molecule has 1 amide bonds. The van der Waals surface area contributed by atoms with Gasteiger partial charge in [-0.05, 0) is 55.4 Å². The number of amides is 1. The minimum absolute atomic E-state index is 0.00524. The molecule has 1 fully saturated rings. The number of anilines is 2. The molecule has 5 heterocycles. The number of fused-ring (bicyclic) bond motifs is 2. The average Bonchev–Trinajstić information content (AvgIpc) is 3.44. The Balaban J connectivity index is 1.46. The molecule has 208 valence electrons. The maximum atomic E-state index is 14.4. The van der Waals surface area contributed by atoms with Crippen molar-refractivity contribution in [1.82, 2.24) is 24.5 Å². The smallest absolute Gasteiger partial charge is 0.264 e. The third kappa shape index (κ3) is 4.83. The number of carbonyl (C=O) groups excluding carboxylic acids is 1. The quantitative estimate of drug-likeness (QED) is 0.439. The van der Waals surface area contributed by atoms with Crippen LogP contribution in [0.25, 0.3) is 11.1 Å². The van der Waals surface area contributed by atoms with Crippen molar-refractivity contribution in [3.05, 3.63) is 46.9 Å². The number of benzene rings is 1. The zero-order chi connectivity index (χ0) is 27.1. The molecule has 0 radical (unpaired) electrons. The van der Waals surface area contributed by atoms with Crippen LogP contribution in [0.15, 0.2) is 24.5 Å². The van der Waals surface area contributed by atoms with Gasteiger partial charge in [-0.15, -0.1) is 0 Å². The number of rotatable bonds is 5. The molecule has 0 saturated carbocycles. The summed E-state index contributed by atoms with van der Waals surface area (Å²) in [5.41, 5.74) is 5.28. The van der Waals surface area contributed by atoms with Crippen LogP contribution in [0.3, 0.4) is 0 Å². The second-order valence-corrected chi connectivity index (χ2v) is 10.8. The first-order valence-corrected chi connectivity index (χ1v) is 14.1. The molecule has 2 aromatic heterocycles. The van der Waals surface area contributed by atoms with Crippen molar-refractivity contribution < 1.29 is 18.3 Å². The average molecular weight is 539 g/mol. The van der Waals surface area contributed by atoms with Gasteiger partial charge in [-0.1, -0.05) is 6.92 Å². The lowest BCUT2D eigenvalue weighted by atomic mass is 9.92. The fraction of sp³-hybridized carbons (Fsp3) is 0.552. The number of aryl methyl sites for hydroxylation is 2. The van der Waals surface area contributed by atoms with Crippen LogP contribution in [0.4, 0.5) is 20.3 Å². The number of halogens is 2. The van der Waals surface area contributed by atoms with Crippen LogP contribution >= 0.6 is 0 Å². The van der Waals surface area contributed by atoms with Crippen LogP contribution in [0.2, 0.25) is 0 Å². The van der Waals surface area contributed by atoms with Crippen molar-refractivity contribution in [3.8, 4) is 11.1 Å². The van der Waals surface area contributed by atoms with Gasteiger partial charge in [0.05, 0.1) is 18.8 Å². The third-order valence-corrected chi connectivity index (χ3v) is 8.36. The highest BCUT2D eigenvalue weighted by Crippen LogP contribution is 2.43. The van der Waals surface area contributed by atoms with Crippen LogP contribution in [0, 0.1) is 0 Å². The van der Waals surface area contributed by atoms with Gasteiger partial charge in [0, 0.05) is 80.5 Å². The van der Waals surface area contributed by atoms with Crippen molar-refractivity contribution in [3.63, 3.8) is 0 Å². The van der Waals surface area contributed by atoms with E-state index < -0.39 is 6.43 Å². The van der Waals surface area contributed by atoms with Crippen molar-refractivity contribution in [2.45, 2.75) is 70.9 Å². The molecule has 1 saturated heterocycles. The molecule has 0 unspecified atom stereocenters. The number of hydrogen-bond donors (Lipinski definition) is 0. The summed E-state index contributed by atoms with van der Waals surface area (Å²) in [7, 11) is 1.79. The Morgan fingerprint density at radius 2 is 2.03 bits per heavy atom. The molecule has 1 aromatic carbocycles. The Morgan fingerprint density at radius 1 is 1.15 bits per heavy atom. The van der Waals surface area contributed by atoms with E-state index in [1.807, 2.05) is 17.9 Å². The molecule has 0 bridgehead atoms. The minimum atomic E-state index is -2.62. The van der Waals surface area contributed by atoms with Crippen molar-refractivity contribution >= 4 is 17.4 Å². The highest BCUT2D eigenvalue weighted by Gasteiger charge is 2.34. The molecule has 1 atom stereocenters. The molecular formula is C29H36F2N6O2. The largest absolute Gasteiger partial charge is 0.381 e. The molecule has 39 heavy (non-hydrogen) atoms. The van der Waals surface area contributed by atoms with E-state index in [0.29, 0.717) is 43.8 Å². The number of nitrogens with zero attached hydrogens (tertiary/aromatic N) is 6. The molecule has 0 aliphatic carbocycles. The van der Waals surface area contributed by atoms with Gasteiger partial charge in [0.15, 0.2) is 5.82 Å². The molecule has 3 aliphatic rings. The van der Waals surface area contributed by atoms with Crippen molar-refractivity contribution in [1.29, 1.82) is 0 Å². The van der Waals surface area contributed by atoms with Gasteiger partial charge in [-0.3, -0.25) is 14.2 Å². The number of hydrogen-bond acceptors (Lipinski definition) is 5. The molecule has 10 heteroatoms. The van der Waals surface area contributed by atoms with Gasteiger partial charge in [-0.2, -0.15) is 10.2 Å². The van der Waals surface area contributed by atoms with E-state index in [1.54, 1.807) is 30.2 Å². The lowest BCUT2D eigenvalue weighted by Crippen LogP contribution is -2.36. The van der Waals surface area contributed by atoms with Crippen molar-refractivity contribution in [2.75, 3.05) is 31.2 Å². The molecule has 3 aliphatic heterocycles. The fourth-order valence-electron chi connectivity index (χ4n) is 6.37. The summed E-state index contributed by atoms with van der Waals surface area (Å²) < 4.78 is 38.4. The molecule has 0 N–H and O–H groups in total. The van der Waals surface area contributed by atoms with Crippen LogP contribution in [-0.4, -0.2) is 56.7 Å². The summed E-state index contributed by atoms with van der Waals surface area (Å²) in [5.74, 6) is 0.932. The van der Waals surface area contributed by atoms with Crippen LogP contribution in [0.1, 0.15) is 73.9 Å². The zero-order valence-electron chi connectivity index (χ0n) is 22.7. The van der Waals surface area contributed by atoms with Crippen LogP contribution < -0.4 is 4.90 Å². The fourth-order valence-corrected chi connectivity index (χ4v) is 6.37. The van der Waals surface area contributed by atoms with Gasteiger partial charge in [0.1, 0.15) is 0 Å². The molecular weight excluding hydrogens is 502 g/mol. The van der Waals surface area contributed by atoms with Gasteiger partial charge in [0.2, 0.25) is 5.91 Å². The first-order chi connectivity index (χ1) is 18.9. The monoisotopic (exact) mass is 538 g/mol. The van der Waals surface area contributed by atoms with Gasteiger partial charge in [-0.25, -0.2) is 8.78 Å². The number of aromatic nitrogens is 4. The molecule has 8 nitrogen and oxygen atoms in total. The normalized spacial score (nSPS) is 19.7. The predicted octanol–water partition coefficient (Wildman–Crippen LogP) is 5.34. The standard InChI is InChI=1S/C29H36F2N6O2/c1-3-27(38)35-11-8-25-24(18-35)29(33-37(25)21-7-5-12-39-13-9-21)36-10-4-6-19-14-22(20-16-32-34(2)17-20)23(28(30)31)15-26(19)36/h14-17,21,28H,3-13,18H2,1-2H3/t21-/m0/s1. The summed E-state index contributed by atoms with van der Waals surface area (Å²) in [5, 5.41) is 9.41. The number of carbonyl (C=O) groups is 1. The molecule has 0 spiro atoms. The summed E-state index contributed by atoms with van der Waals surface area (Å²) in [6.45, 7) is 5.23. The van der Waals surface area contributed by atoms with E-state index >= 15 is 0 Å². The van der Waals surface area contributed by atoms with Crippen LogP contribution in [0.5, 0.6) is 0 Å². The maximum absolute atomic E-state index is 14.4. The van der Waals surface area contributed by atoms with E-state index in [1.165, 1.54) is 5.69 Å². The van der Waals surface area contributed by atoms with Crippen molar-refractivity contribution in [2.24, 2.45) is 7.05 Å². The van der Waals surface area contributed by atoms with Gasteiger partial charge >= 0.3 is 0 Å². The minimum Gasteiger partial charge on any atom is -0.381 e. The zero-order valence-corrected chi connectivity index (χ0v) is 22.7. The second-order valence-electron chi connectivity index (χ2n) is 10.8. The third-order valence-electron chi connectivity index (χ3n) is 8.36. The first-order valence-electron chi connectivity index (χ1n) is 14.1. The number of alkyl halides is 2. The van der Waals surface area contributed by atoms with Gasteiger partial charge in [0.25, 0.3) is 6.43 Å². The molecule has 3 aromatic rings. The summed E-state index contributed by atoms with van der Waals surface area (Å²) >= 11 is 0. The Labute approximate surface area is 227 Å². The summed E-state index contributed by atoms with van der Waals surface area (Å²) in [6, 6.07) is 3.81. The van der Waals surface area contributed by atoms with Gasteiger partial charge < -0.3 is 14.5 Å². The van der Waals surface area contributed by atoms with E-state index in [9.17, 15) is 13.6 Å². The van der Waals surface area contributed by atoms with E-state index in [-0.39, 0.29) is 17.5 Å². The highest BCUT2D eigenvalue weighted by atomic mass is 19.3. The topological polar surface area (TPSA) is 68.4 Å². The Hall–Kier alpha value is -3.27. The lowest BCUT2D eigenvalue weighted by molar-refractivity contribution is -0.131. The lowest BCUT2D eigenvalue weighted by Gasteiger charge is -2.33. The first kappa shape index (κ1) is 26.0. The second kappa shape index (κ2) is 10.7. The maximum Gasteiger partial charge on any atom is 0.264 e. The van der Waals surface area contributed by atoms with Crippen LogP contribution in [-0.2, 0) is 36.0 Å². The SMILES string of the molecule is CCC(=O)N1CCc2c(c(N3CCCc4cc(-c5cnn(C)c5)c(C(F)F)cc43)nn2[C@H]2CCCOCC2)C1. The highest BCUT2D eigenvalue weighted by molar-refractivity contribution is 5.78. The number of ether oxygens (including phenoxy) is 1. The van der Waals surface area contributed by atoms with E-state index in [4.69, 9.17) is 9.84 Å². The Morgan fingerprint density at radius 3 is 2.79 bits per heavy atom. The Bertz CT molecular complexity index is 1360. The van der Waals surface area contributed by atoms with E-state index in [2.05, 4.69) is 14.7 Å². The molecule has 6 rings (SSSR count). The summed E-state index contributed by atoms with van der Waals surface area (Å²) in [6.07, 6.45) is 6.58. The Kier molecular flexibility index (Phi) is 7.14. The predicted molar refractivity (Wildman–Crippen MR) is 144 cm³/mol. The van der Waals surface area contributed by atoms with E-state index in [0.717, 1.165) is 67.8 Å².